The highest BCUT2D eigenvalue weighted by atomic mass is 35.5. The van der Waals surface area contributed by atoms with Gasteiger partial charge in [0.1, 0.15) is 11.8 Å². The molecule has 3 N–H and O–H groups in total. The first-order chi connectivity index (χ1) is 7.45. The van der Waals surface area contributed by atoms with E-state index in [9.17, 15) is 9.90 Å². The van der Waals surface area contributed by atoms with Gasteiger partial charge in [0, 0.05) is 11.4 Å². The molecule has 1 aromatic carbocycles. The molecule has 16 heavy (non-hydrogen) atoms. The van der Waals surface area contributed by atoms with Crippen molar-refractivity contribution in [2.24, 2.45) is 5.73 Å². The molecule has 0 saturated heterocycles. The molecule has 0 amide bonds. The van der Waals surface area contributed by atoms with E-state index in [2.05, 4.69) is 4.74 Å². The van der Waals surface area contributed by atoms with Crippen LogP contribution in [0.15, 0.2) is 12.1 Å². The summed E-state index contributed by atoms with van der Waals surface area (Å²) < 4.78 is 4.50. The molecule has 0 aliphatic rings. The quantitative estimate of drug-likeness (QED) is 0.787. The second-order valence-corrected chi connectivity index (χ2v) is 3.97. The van der Waals surface area contributed by atoms with Crippen LogP contribution in [0.2, 0.25) is 5.02 Å². The van der Waals surface area contributed by atoms with E-state index in [0.29, 0.717) is 10.6 Å². The first-order valence-electron chi connectivity index (χ1n) is 4.77. The maximum atomic E-state index is 11.1. The molecule has 1 aromatic rings. The molecule has 88 valence electrons. The topological polar surface area (TPSA) is 72.5 Å². The number of benzene rings is 1. The Hall–Kier alpha value is -1.26. The van der Waals surface area contributed by atoms with Crippen molar-refractivity contribution in [2.45, 2.75) is 19.4 Å². The van der Waals surface area contributed by atoms with E-state index in [4.69, 9.17) is 17.3 Å². The summed E-state index contributed by atoms with van der Waals surface area (Å²) in [4.78, 5) is 11.1. The number of carbonyl (C=O) groups excluding carboxylic acids is 1. The van der Waals surface area contributed by atoms with Crippen molar-refractivity contribution in [3.63, 3.8) is 0 Å². The third-order valence-corrected chi connectivity index (χ3v) is 2.71. The molecule has 1 atom stereocenters. The van der Waals surface area contributed by atoms with Gasteiger partial charge in [-0.3, -0.25) is 4.79 Å². The number of methoxy groups -OCH3 is 1. The van der Waals surface area contributed by atoms with E-state index < -0.39 is 12.0 Å². The lowest BCUT2D eigenvalue weighted by Gasteiger charge is -2.11. The van der Waals surface area contributed by atoms with Gasteiger partial charge in [-0.2, -0.15) is 0 Å². The van der Waals surface area contributed by atoms with Crippen molar-refractivity contribution in [1.82, 2.24) is 0 Å². The SMILES string of the molecule is COC(=O)C(N)Cc1cc(Cl)c(C)cc1O. The maximum Gasteiger partial charge on any atom is 0.322 e. The number of aryl methyl sites for hydroxylation is 1. The second kappa shape index (κ2) is 5.18. The average molecular weight is 244 g/mol. The Labute approximate surface area is 99.0 Å². The predicted octanol–water partition coefficient (Wildman–Crippen LogP) is 1.40. The number of phenolic OH excluding ortho intramolecular Hbond substituents is 1. The zero-order valence-corrected chi connectivity index (χ0v) is 9.91. The molecule has 0 saturated carbocycles. The summed E-state index contributed by atoms with van der Waals surface area (Å²) in [5.74, 6) is -0.433. The van der Waals surface area contributed by atoms with E-state index in [1.807, 2.05) is 0 Å². The van der Waals surface area contributed by atoms with Crippen LogP contribution in [0.3, 0.4) is 0 Å². The molecule has 0 aliphatic carbocycles. The predicted molar refractivity (Wildman–Crippen MR) is 61.5 cm³/mol. The van der Waals surface area contributed by atoms with E-state index in [1.165, 1.54) is 7.11 Å². The fourth-order valence-corrected chi connectivity index (χ4v) is 1.53. The summed E-state index contributed by atoms with van der Waals surface area (Å²) in [6, 6.07) is 2.35. The number of hydrogen-bond donors (Lipinski definition) is 2. The van der Waals surface area contributed by atoms with Gasteiger partial charge in [0.2, 0.25) is 0 Å². The molecule has 5 heteroatoms. The number of hydrogen-bond acceptors (Lipinski definition) is 4. The van der Waals surface area contributed by atoms with Gasteiger partial charge in [0.15, 0.2) is 0 Å². The van der Waals surface area contributed by atoms with Gasteiger partial charge in [-0.05, 0) is 30.2 Å². The lowest BCUT2D eigenvalue weighted by molar-refractivity contribution is -0.142. The summed E-state index contributed by atoms with van der Waals surface area (Å²) >= 11 is 5.91. The fourth-order valence-electron chi connectivity index (χ4n) is 1.34. The highest BCUT2D eigenvalue weighted by Crippen LogP contribution is 2.26. The van der Waals surface area contributed by atoms with Crippen LogP contribution >= 0.6 is 11.6 Å². The standard InChI is InChI=1S/C11H14ClNO3/c1-6-3-10(14)7(4-8(6)12)5-9(13)11(15)16-2/h3-4,9,14H,5,13H2,1-2H3. The normalized spacial score (nSPS) is 12.2. The molecule has 0 aromatic heterocycles. The van der Waals surface area contributed by atoms with Crippen LogP contribution < -0.4 is 5.73 Å². The van der Waals surface area contributed by atoms with Crippen molar-refractivity contribution in [3.8, 4) is 5.75 Å². The van der Waals surface area contributed by atoms with Crippen LogP contribution in [0.5, 0.6) is 5.75 Å². The minimum absolute atomic E-state index is 0.0845. The first kappa shape index (κ1) is 12.8. The number of phenols is 1. The maximum absolute atomic E-state index is 11.1. The molecule has 0 bridgehead atoms. The molecular formula is C11H14ClNO3. The average Bonchev–Trinajstić information content (AvgIpc) is 2.24. The largest absolute Gasteiger partial charge is 0.508 e. The molecule has 0 heterocycles. The molecule has 0 aliphatic heterocycles. The van der Waals surface area contributed by atoms with Crippen molar-refractivity contribution >= 4 is 17.6 Å². The van der Waals surface area contributed by atoms with E-state index in [1.54, 1.807) is 19.1 Å². The number of rotatable bonds is 3. The number of ether oxygens (including phenoxy) is 1. The van der Waals surface area contributed by atoms with Crippen molar-refractivity contribution in [2.75, 3.05) is 7.11 Å². The number of carbonyl (C=O) groups is 1. The summed E-state index contributed by atoms with van der Waals surface area (Å²) in [6.45, 7) is 1.78. The minimum Gasteiger partial charge on any atom is -0.508 e. The summed E-state index contributed by atoms with van der Waals surface area (Å²) in [5.41, 5.74) is 6.90. The van der Waals surface area contributed by atoms with Gasteiger partial charge >= 0.3 is 5.97 Å². The molecule has 1 rings (SSSR count). The summed E-state index contributed by atoms with van der Waals surface area (Å²) in [7, 11) is 1.27. The molecule has 4 nitrogen and oxygen atoms in total. The Balaban J connectivity index is 2.89. The molecule has 0 spiro atoms. The van der Waals surface area contributed by atoms with E-state index >= 15 is 0 Å². The Morgan fingerprint density at radius 2 is 2.25 bits per heavy atom. The van der Waals surface area contributed by atoms with Gasteiger partial charge in [0.05, 0.1) is 7.11 Å². The Morgan fingerprint density at radius 1 is 1.62 bits per heavy atom. The zero-order valence-electron chi connectivity index (χ0n) is 9.16. The summed E-state index contributed by atoms with van der Waals surface area (Å²) in [5, 5.41) is 10.2. The van der Waals surface area contributed by atoms with Crippen molar-refractivity contribution in [3.05, 3.63) is 28.3 Å². The number of halogens is 1. The van der Waals surface area contributed by atoms with Crippen LogP contribution in [0, 0.1) is 6.92 Å². The number of esters is 1. The Morgan fingerprint density at radius 3 is 2.81 bits per heavy atom. The number of aromatic hydroxyl groups is 1. The summed E-state index contributed by atoms with van der Waals surface area (Å²) in [6.07, 6.45) is 0.193. The van der Waals surface area contributed by atoms with Crippen LogP contribution in [-0.2, 0) is 16.0 Å². The van der Waals surface area contributed by atoms with Crippen LogP contribution in [0.25, 0.3) is 0 Å². The third-order valence-electron chi connectivity index (χ3n) is 2.30. The Kier molecular flexibility index (Phi) is 4.15. The Bertz CT molecular complexity index is 406. The smallest absolute Gasteiger partial charge is 0.322 e. The second-order valence-electron chi connectivity index (χ2n) is 3.56. The first-order valence-corrected chi connectivity index (χ1v) is 5.15. The number of nitrogens with two attached hydrogens (primary N) is 1. The van der Waals surface area contributed by atoms with Gasteiger partial charge in [-0.1, -0.05) is 11.6 Å². The van der Waals surface area contributed by atoms with E-state index in [0.717, 1.165) is 5.56 Å². The van der Waals surface area contributed by atoms with Crippen molar-refractivity contribution < 1.29 is 14.6 Å². The highest BCUT2D eigenvalue weighted by Gasteiger charge is 2.17. The van der Waals surface area contributed by atoms with Gasteiger partial charge in [-0.25, -0.2) is 0 Å². The third kappa shape index (κ3) is 2.87. The molecule has 0 fully saturated rings. The van der Waals surface area contributed by atoms with Crippen molar-refractivity contribution in [1.29, 1.82) is 0 Å². The van der Waals surface area contributed by atoms with Gasteiger partial charge < -0.3 is 15.6 Å². The minimum atomic E-state index is -0.797. The van der Waals surface area contributed by atoms with Gasteiger partial charge in [-0.15, -0.1) is 0 Å². The zero-order chi connectivity index (χ0) is 12.3. The fraction of sp³-hybridized carbons (Fsp3) is 0.364. The van der Waals surface area contributed by atoms with Crippen LogP contribution in [-0.4, -0.2) is 24.2 Å². The lowest BCUT2D eigenvalue weighted by atomic mass is 10.0. The highest BCUT2D eigenvalue weighted by molar-refractivity contribution is 6.31. The lowest BCUT2D eigenvalue weighted by Crippen LogP contribution is -2.33. The molecule has 0 radical (unpaired) electrons. The monoisotopic (exact) mass is 243 g/mol. The van der Waals surface area contributed by atoms with Crippen LogP contribution in [0.1, 0.15) is 11.1 Å². The molecular weight excluding hydrogens is 230 g/mol. The van der Waals surface area contributed by atoms with Crippen LogP contribution in [0.4, 0.5) is 0 Å². The van der Waals surface area contributed by atoms with E-state index in [-0.39, 0.29) is 12.2 Å². The van der Waals surface area contributed by atoms with Gasteiger partial charge in [0.25, 0.3) is 0 Å². The molecule has 1 unspecified atom stereocenters.